The van der Waals surface area contributed by atoms with Crippen molar-refractivity contribution < 1.29 is 4.74 Å². The van der Waals surface area contributed by atoms with Crippen LogP contribution in [0.3, 0.4) is 0 Å². The fourth-order valence-electron chi connectivity index (χ4n) is 1.51. The minimum absolute atomic E-state index is 0.792. The number of methoxy groups -OCH3 is 1. The number of halogens is 2. The van der Waals surface area contributed by atoms with Crippen LogP contribution in [0.15, 0.2) is 39.4 Å². The van der Waals surface area contributed by atoms with Gasteiger partial charge in [0.1, 0.15) is 11.6 Å². The van der Waals surface area contributed by atoms with Crippen LogP contribution in [-0.2, 0) is 0 Å². The average molecular weight is 372 g/mol. The monoisotopic (exact) mass is 370 g/mol. The van der Waals surface area contributed by atoms with Crippen molar-refractivity contribution in [3.05, 3.63) is 45.0 Å². The van der Waals surface area contributed by atoms with Crippen molar-refractivity contribution in [2.45, 2.75) is 6.92 Å². The Bertz CT molecular complexity index is 573. The van der Waals surface area contributed by atoms with Gasteiger partial charge in [0.05, 0.1) is 7.11 Å². The van der Waals surface area contributed by atoms with Crippen molar-refractivity contribution in [3.8, 4) is 5.75 Å². The number of anilines is 2. The van der Waals surface area contributed by atoms with Crippen molar-refractivity contribution in [1.29, 1.82) is 0 Å². The molecule has 0 saturated heterocycles. The van der Waals surface area contributed by atoms with E-state index in [9.17, 15) is 0 Å². The van der Waals surface area contributed by atoms with Gasteiger partial charge in [-0.1, -0.05) is 15.9 Å². The SMILES string of the molecule is COc1cc(Br)cc(Nc2cc(C)c(Br)cn2)c1. The number of hydrogen-bond acceptors (Lipinski definition) is 3. The molecule has 18 heavy (non-hydrogen) atoms. The van der Waals surface area contributed by atoms with Crippen molar-refractivity contribution in [3.63, 3.8) is 0 Å². The summed E-state index contributed by atoms with van der Waals surface area (Å²) in [6.07, 6.45) is 1.78. The highest BCUT2D eigenvalue weighted by atomic mass is 79.9. The molecule has 0 saturated carbocycles. The highest BCUT2D eigenvalue weighted by molar-refractivity contribution is 9.10. The lowest BCUT2D eigenvalue weighted by Gasteiger charge is -2.09. The molecule has 1 aromatic carbocycles. The molecule has 0 bridgehead atoms. The summed E-state index contributed by atoms with van der Waals surface area (Å²) < 4.78 is 7.17. The Morgan fingerprint density at radius 1 is 1.17 bits per heavy atom. The molecule has 2 aromatic rings. The Morgan fingerprint density at radius 3 is 2.61 bits per heavy atom. The topological polar surface area (TPSA) is 34.1 Å². The molecule has 1 heterocycles. The van der Waals surface area contributed by atoms with Crippen LogP contribution in [0.25, 0.3) is 0 Å². The van der Waals surface area contributed by atoms with Crippen LogP contribution in [0.5, 0.6) is 5.75 Å². The molecule has 1 N–H and O–H groups in total. The zero-order chi connectivity index (χ0) is 13.1. The van der Waals surface area contributed by atoms with Crippen molar-refractivity contribution in [1.82, 2.24) is 4.98 Å². The normalized spacial score (nSPS) is 10.2. The van der Waals surface area contributed by atoms with Gasteiger partial charge in [-0.05, 0) is 46.6 Å². The number of aryl methyl sites for hydroxylation is 1. The second kappa shape index (κ2) is 5.71. The van der Waals surface area contributed by atoms with Crippen molar-refractivity contribution in [2.75, 3.05) is 12.4 Å². The molecule has 1 aromatic heterocycles. The van der Waals surface area contributed by atoms with Crippen LogP contribution < -0.4 is 10.1 Å². The first-order valence-electron chi connectivity index (χ1n) is 5.32. The van der Waals surface area contributed by atoms with E-state index in [1.54, 1.807) is 13.3 Å². The van der Waals surface area contributed by atoms with E-state index in [-0.39, 0.29) is 0 Å². The summed E-state index contributed by atoms with van der Waals surface area (Å²) in [4.78, 5) is 4.31. The molecule has 0 unspecified atom stereocenters. The second-order valence-electron chi connectivity index (χ2n) is 3.82. The first-order valence-corrected chi connectivity index (χ1v) is 6.91. The maximum atomic E-state index is 5.22. The predicted molar refractivity (Wildman–Crippen MR) is 80.7 cm³/mol. The van der Waals surface area contributed by atoms with Crippen LogP contribution in [0.2, 0.25) is 0 Å². The van der Waals surface area contributed by atoms with Crippen LogP contribution in [0, 0.1) is 6.92 Å². The van der Waals surface area contributed by atoms with Crippen LogP contribution in [-0.4, -0.2) is 12.1 Å². The minimum atomic E-state index is 0.792. The quantitative estimate of drug-likeness (QED) is 0.851. The van der Waals surface area contributed by atoms with Gasteiger partial charge < -0.3 is 10.1 Å². The van der Waals surface area contributed by atoms with E-state index in [1.807, 2.05) is 31.2 Å². The Hall–Kier alpha value is -1.07. The van der Waals surface area contributed by atoms with E-state index < -0.39 is 0 Å². The molecule has 0 aliphatic heterocycles. The molecule has 3 nitrogen and oxygen atoms in total. The van der Waals surface area contributed by atoms with Crippen LogP contribution >= 0.6 is 31.9 Å². The van der Waals surface area contributed by atoms with Crippen LogP contribution in [0.4, 0.5) is 11.5 Å². The van der Waals surface area contributed by atoms with Gasteiger partial charge in [-0.2, -0.15) is 0 Å². The first kappa shape index (κ1) is 13.4. The Morgan fingerprint density at radius 2 is 1.94 bits per heavy atom. The zero-order valence-electron chi connectivity index (χ0n) is 10.00. The van der Waals surface area contributed by atoms with Gasteiger partial charge in [0.15, 0.2) is 0 Å². The third kappa shape index (κ3) is 3.23. The molecule has 5 heteroatoms. The Balaban J connectivity index is 2.27. The third-order valence-electron chi connectivity index (χ3n) is 2.43. The zero-order valence-corrected chi connectivity index (χ0v) is 13.2. The fourth-order valence-corrected chi connectivity index (χ4v) is 2.20. The summed E-state index contributed by atoms with van der Waals surface area (Å²) in [5.74, 6) is 1.59. The molecule has 0 amide bonds. The van der Waals surface area contributed by atoms with E-state index in [1.165, 1.54) is 0 Å². The summed E-state index contributed by atoms with van der Waals surface area (Å²) in [5, 5.41) is 3.25. The summed E-state index contributed by atoms with van der Waals surface area (Å²) in [5.41, 5.74) is 2.06. The Kier molecular flexibility index (Phi) is 4.24. The molecule has 0 radical (unpaired) electrons. The number of aromatic nitrogens is 1. The lowest BCUT2D eigenvalue weighted by Crippen LogP contribution is -1.95. The molecule has 0 fully saturated rings. The van der Waals surface area contributed by atoms with Gasteiger partial charge in [0.25, 0.3) is 0 Å². The smallest absolute Gasteiger partial charge is 0.130 e. The highest BCUT2D eigenvalue weighted by Gasteiger charge is 2.02. The molecule has 0 aliphatic rings. The van der Waals surface area contributed by atoms with Gasteiger partial charge >= 0.3 is 0 Å². The summed E-state index contributed by atoms with van der Waals surface area (Å²) in [7, 11) is 1.65. The number of hydrogen-bond donors (Lipinski definition) is 1. The van der Waals surface area contributed by atoms with E-state index >= 15 is 0 Å². The van der Waals surface area contributed by atoms with Crippen LogP contribution in [0.1, 0.15) is 5.56 Å². The van der Waals surface area contributed by atoms with E-state index in [4.69, 9.17) is 4.74 Å². The number of rotatable bonds is 3. The fraction of sp³-hybridized carbons (Fsp3) is 0.154. The first-order chi connectivity index (χ1) is 8.58. The van der Waals surface area contributed by atoms with Crippen molar-refractivity contribution >= 4 is 43.4 Å². The minimum Gasteiger partial charge on any atom is -0.497 e. The highest BCUT2D eigenvalue weighted by Crippen LogP contribution is 2.27. The summed E-state index contributed by atoms with van der Waals surface area (Å²) in [6, 6.07) is 7.79. The van der Waals surface area contributed by atoms with E-state index in [2.05, 4.69) is 42.2 Å². The predicted octanol–water partition coefficient (Wildman–Crippen LogP) is 4.67. The molecule has 0 atom stereocenters. The standard InChI is InChI=1S/C13H12Br2N2O/c1-8-3-13(16-7-12(8)15)17-10-4-9(14)5-11(6-10)18-2/h3-7H,1-2H3,(H,16,17). The Labute approximate surface area is 123 Å². The van der Waals surface area contributed by atoms with E-state index in [0.717, 1.165) is 31.8 Å². The molecular weight excluding hydrogens is 360 g/mol. The number of pyridine rings is 1. The third-order valence-corrected chi connectivity index (χ3v) is 3.71. The maximum absolute atomic E-state index is 5.22. The number of benzene rings is 1. The number of nitrogens with one attached hydrogen (secondary N) is 1. The second-order valence-corrected chi connectivity index (χ2v) is 5.59. The summed E-state index contributed by atoms with van der Waals surface area (Å²) in [6.45, 7) is 2.03. The summed E-state index contributed by atoms with van der Waals surface area (Å²) >= 11 is 6.88. The molecular formula is C13H12Br2N2O. The molecule has 0 aliphatic carbocycles. The van der Waals surface area contributed by atoms with Gasteiger partial charge in [-0.3, -0.25) is 0 Å². The molecule has 94 valence electrons. The van der Waals surface area contributed by atoms with Gasteiger partial charge in [0.2, 0.25) is 0 Å². The van der Waals surface area contributed by atoms with Crippen molar-refractivity contribution in [2.24, 2.45) is 0 Å². The molecule has 0 spiro atoms. The van der Waals surface area contributed by atoms with Gasteiger partial charge in [-0.25, -0.2) is 4.98 Å². The average Bonchev–Trinajstić information content (AvgIpc) is 2.33. The van der Waals surface area contributed by atoms with E-state index in [0.29, 0.717) is 0 Å². The lowest BCUT2D eigenvalue weighted by atomic mass is 10.2. The van der Waals surface area contributed by atoms with Gasteiger partial charge in [0, 0.05) is 26.9 Å². The largest absolute Gasteiger partial charge is 0.497 e. The van der Waals surface area contributed by atoms with Gasteiger partial charge in [-0.15, -0.1) is 0 Å². The lowest BCUT2D eigenvalue weighted by molar-refractivity contribution is 0.415. The number of ether oxygens (including phenoxy) is 1. The maximum Gasteiger partial charge on any atom is 0.130 e. The molecule has 2 rings (SSSR count). The number of nitrogens with zero attached hydrogens (tertiary/aromatic N) is 1.